The van der Waals surface area contributed by atoms with Gasteiger partial charge >= 0.3 is 0 Å². The number of nitrogens with zero attached hydrogens (tertiary/aromatic N) is 2. The minimum absolute atomic E-state index is 0.274. The number of aromatic nitrogens is 2. The molecule has 102 valence electrons. The minimum Gasteiger partial charge on any atom is -0.508 e. The summed E-state index contributed by atoms with van der Waals surface area (Å²) in [6, 6.07) is 5.26. The summed E-state index contributed by atoms with van der Waals surface area (Å²) in [5.41, 5.74) is 1.63. The third-order valence-electron chi connectivity index (χ3n) is 2.59. The van der Waals surface area contributed by atoms with Gasteiger partial charge in [0.1, 0.15) is 5.75 Å². The fourth-order valence-corrected chi connectivity index (χ4v) is 2.49. The molecule has 0 bridgehead atoms. The number of phenols is 1. The Morgan fingerprint density at radius 2 is 2.16 bits per heavy atom. The molecule has 0 aliphatic rings. The van der Waals surface area contributed by atoms with Gasteiger partial charge < -0.3 is 9.63 Å². The molecule has 0 saturated carbocycles. The van der Waals surface area contributed by atoms with Crippen LogP contribution in [0.4, 0.5) is 0 Å². The quantitative estimate of drug-likeness (QED) is 0.904. The fraction of sp³-hybridized carbons (Fsp3) is 0.429. The van der Waals surface area contributed by atoms with Crippen LogP contribution in [0.1, 0.15) is 25.2 Å². The van der Waals surface area contributed by atoms with Crippen molar-refractivity contribution in [3.63, 3.8) is 0 Å². The predicted octanol–water partition coefficient (Wildman–Crippen LogP) is 3.64. The van der Waals surface area contributed by atoms with Gasteiger partial charge in [0, 0.05) is 5.56 Å². The van der Waals surface area contributed by atoms with E-state index >= 15 is 0 Å². The van der Waals surface area contributed by atoms with Crippen molar-refractivity contribution in [3.8, 4) is 17.2 Å². The summed E-state index contributed by atoms with van der Waals surface area (Å²) < 4.78 is 5.25. The first-order chi connectivity index (χ1) is 9.06. The van der Waals surface area contributed by atoms with Crippen molar-refractivity contribution in [1.29, 1.82) is 0 Å². The standard InChI is InChI=1S/C14H18N2O2S/c1-9(2)7-19-8-13-15-14(18-16-13)11-4-5-12(17)10(3)6-11/h4-6,9,17H,7-8H2,1-3H3. The van der Waals surface area contributed by atoms with Gasteiger partial charge in [-0.15, -0.1) is 0 Å². The van der Waals surface area contributed by atoms with Crippen LogP contribution in [0.2, 0.25) is 0 Å². The Labute approximate surface area is 117 Å². The number of rotatable bonds is 5. The highest BCUT2D eigenvalue weighted by Gasteiger charge is 2.10. The lowest BCUT2D eigenvalue weighted by atomic mass is 10.1. The molecule has 0 amide bonds. The molecular weight excluding hydrogens is 260 g/mol. The maximum Gasteiger partial charge on any atom is 0.257 e. The number of benzene rings is 1. The van der Waals surface area contributed by atoms with Crippen LogP contribution in [0.3, 0.4) is 0 Å². The molecule has 0 atom stereocenters. The molecule has 1 heterocycles. The van der Waals surface area contributed by atoms with E-state index in [1.807, 2.05) is 13.0 Å². The number of hydrogen-bond donors (Lipinski definition) is 1. The molecule has 1 N–H and O–H groups in total. The monoisotopic (exact) mass is 278 g/mol. The first kappa shape index (κ1) is 13.9. The Morgan fingerprint density at radius 3 is 2.84 bits per heavy atom. The van der Waals surface area contributed by atoms with Gasteiger partial charge in [-0.3, -0.25) is 0 Å². The van der Waals surface area contributed by atoms with Crippen molar-refractivity contribution in [2.24, 2.45) is 5.92 Å². The number of phenolic OH excluding ortho intramolecular Hbond substituents is 1. The molecular formula is C14H18N2O2S. The van der Waals surface area contributed by atoms with Crippen LogP contribution in [0.5, 0.6) is 5.75 Å². The Balaban J connectivity index is 2.05. The van der Waals surface area contributed by atoms with Crippen LogP contribution in [-0.4, -0.2) is 21.0 Å². The van der Waals surface area contributed by atoms with Crippen molar-refractivity contribution in [1.82, 2.24) is 10.1 Å². The first-order valence-electron chi connectivity index (χ1n) is 6.26. The van der Waals surface area contributed by atoms with Gasteiger partial charge in [0.2, 0.25) is 0 Å². The summed E-state index contributed by atoms with van der Waals surface area (Å²) in [5.74, 6) is 4.00. The van der Waals surface area contributed by atoms with Crippen LogP contribution in [0.15, 0.2) is 22.7 Å². The molecule has 2 rings (SSSR count). The van der Waals surface area contributed by atoms with Gasteiger partial charge in [-0.2, -0.15) is 16.7 Å². The zero-order valence-electron chi connectivity index (χ0n) is 11.4. The first-order valence-corrected chi connectivity index (χ1v) is 7.42. The zero-order chi connectivity index (χ0) is 13.8. The van der Waals surface area contributed by atoms with Crippen molar-refractivity contribution in [3.05, 3.63) is 29.6 Å². The van der Waals surface area contributed by atoms with Crippen molar-refractivity contribution in [2.45, 2.75) is 26.5 Å². The molecule has 0 unspecified atom stereocenters. The zero-order valence-corrected chi connectivity index (χ0v) is 12.2. The molecule has 0 fully saturated rings. The van der Waals surface area contributed by atoms with Crippen LogP contribution in [0, 0.1) is 12.8 Å². The number of aromatic hydroxyl groups is 1. The Morgan fingerprint density at radius 1 is 1.37 bits per heavy atom. The molecule has 2 aromatic rings. The smallest absolute Gasteiger partial charge is 0.257 e. The molecule has 19 heavy (non-hydrogen) atoms. The van der Waals surface area contributed by atoms with E-state index in [2.05, 4.69) is 24.0 Å². The second-order valence-corrected chi connectivity index (χ2v) is 5.96. The van der Waals surface area contributed by atoms with Crippen LogP contribution in [0.25, 0.3) is 11.5 Å². The van der Waals surface area contributed by atoms with Gasteiger partial charge in [0.05, 0.1) is 5.75 Å². The minimum atomic E-state index is 0.274. The molecule has 0 spiro atoms. The topological polar surface area (TPSA) is 59.2 Å². The summed E-state index contributed by atoms with van der Waals surface area (Å²) in [6.45, 7) is 6.22. The average Bonchev–Trinajstić information content (AvgIpc) is 2.81. The molecule has 0 saturated heterocycles. The van der Waals surface area contributed by atoms with E-state index in [0.717, 1.165) is 22.6 Å². The lowest BCUT2D eigenvalue weighted by molar-refractivity contribution is 0.425. The Kier molecular flexibility index (Phi) is 4.47. The summed E-state index contributed by atoms with van der Waals surface area (Å²) in [4.78, 5) is 4.37. The lowest BCUT2D eigenvalue weighted by Crippen LogP contribution is -1.92. The number of aryl methyl sites for hydroxylation is 1. The number of thioether (sulfide) groups is 1. The summed E-state index contributed by atoms with van der Waals surface area (Å²) in [7, 11) is 0. The summed E-state index contributed by atoms with van der Waals surface area (Å²) >= 11 is 1.80. The second-order valence-electron chi connectivity index (χ2n) is 4.93. The van der Waals surface area contributed by atoms with Crippen LogP contribution in [-0.2, 0) is 5.75 Å². The summed E-state index contributed by atoms with van der Waals surface area (Å²) in [6.07, 6.45) is 0. The maximum absolute atomic E-state index is 9.49. The lowest BCUT2D eigenvalue weighted by Gasteiger charge is -2.00. The van der Waals surface area contributed by atoms with E-state index < -0.39 is 0 Å². The molecule has 5 heteroatoms. The summed E-state index contributed by atoms with van der Waals surface area (Å²) in [5, 5.41) is 13.5. The van der Waals surface area contributed by atoms with Crippen molar-refractivity contribution < 1.29 is 9.63 Å². The predicted molar refractivity (Wildman–Crippen MR) is 77.1 cm³/mol. The van der Waals surface area contributed by atoms with Crippen molar-refractivity contribution in [2.75, 3.05) is 5.75 Å². The van der Waals surface area contributed by atoms with Crippen LogP contribution < -0.4 is 0 Å². The average molecular weight is 278 g/mol. The molecule has 0 aliphatic heterocycles. The third kappa shape index (κ3) is 3.73. The molecule has 4 nitrogen and oxygen atoms in total. The largest absolute Gasteiger partial charge is 0.508 e. The molecule has 1 aromatic carbocycles. The van der Waals surface area contributed by atoms with Gasteiger partial charge in [0.15, 0.2) is 5.82 Å². The van der Waals surface area contributed by atoms with E-state index in [4.69, 9.17) is 4.52 Å². The highest BCUT2D eigenvalue weighted by atomic mass is 32.2. The van der Waals surface area contributed by atoms with E-state index in [1.54, 1.807) is 23.9 Å². The highest BCUT2D eigenvalue weighted by molar-refractivity contribution is 7.98. The Bertz CT molecular complexity index is 552. The Hall–Kier alpha value is -1.49. The van der Waals surface area contributed by atoms with E-state index in [-0.39, 0.29) is 5.75 Å². The van der Waals surface area contributed by atoms with E-state index in [9.17, 15) is 5.11 Å². The highest BCUT2D eigenvalue weighted by Crippen LogP contribution is 2.24. The van der Waals surface area contributed by atoms with E-state index in [1.165, 1.54) is 0 Å². The molecule has 1 aromatic heterocycles. The van der Waals surface area contributed by atoms with Gasteiger partial charge in [0.25, 0.3) is 5.89 Å². The van der Waals surface area contributed by atoms with Gasteiger partial charge in [-0.1, -0.05) is 19.0 Å². The van der Waals surface area contributed by atoms with E-state index in [0.29, 0.717) is 17.6 Å². The van der Waals surface area contributed by atoms with Gasteiger partial charge in [-0.25, -0.2) is 0 Å². The maximum atomic E-state index is 9.49. The SMILES string of the molecule is Cc1cc(-c2nc(CSCC(C)C)no2)ccc1O. The molecule has 0 aliphatic carbocycles. The number of hydrogen-bond acceptors (Lipinski definition) is 5. The fourth-order valence-electron chi connectivity index (χ4n) is 1.60. The normalized spacial score (nSPS) is 11.2. The van der Waals surface area contributed by atoms with Gasteiger partial charge in [-0.05, 0) is 42.4 Å². The molecule has 0 radical (unpaired) electrons. The second kappa shape index (κ2) is 6.10. The van der Waals surface area contributed by atoms with Crippen LogP contribution >= 0.6 is 11.8 Å². The third-order valence-corrected chi connectivity index (χ3v) is 3.96. The van der Waals surface area contributed by atoms with Crippen molar-refractivity contribution >= 4 is 11.8 Å².